The fourth-order valence-electron chi connectivity index (χ4n) is 5.72. The summed E-state index contributed by atoms with van der Waals surface area (Å²) in [6.07, 6.45) is 4.36. The lowest BCUT2D eigenvalue weighted by molar-refractivity contribution is -0.135. The highest BCUT2D eigenvalue weighted by Gasteiger charge is 2.32. The average molecular weight is 614 g/mol. The molecule has 0 saturated heterocycles. The minimum atomic E-state index is -0.743. The number of amides is 2. The van der Waals surface area contributed by atoms with Crippen LogP contribution in [0.3, 0.4) is 0 Å². The molecule has 45 heavy (non-hydrogen) atoms. The number of nitrogens with two attached hydrogens (primary N) is 1. The van der Waals surface area contributed by atoms with E-state index < -0.39 is 17.9 Å². The molecular weight excluding hydrogens is 562 g/mol. The van der Waals surface area contributed by atoms with E-state index in [1.807, 2.05) is 80.6 Å². The maximum absolute atomic E-state index is 13.8. The summed E-state index contributed by atoms with van der Waals surface area (Å²) in [6.45, 7) is 6.74. The highest BCUT2D eigenvalue weighted by atomic mass is 16.2. The first-order chi connectivity index (χ1) is 21.7. The number of carbonyl (C=O) groups is 4. The summed E-state index contributed by atoms with van der Waals surface area (Å²) in [5.41, 5.74) is 7.81. The van der Waals surface area contributed by atoms with Crippen LogP contribution in [0.15, 0.2) is 72.8 Å². The first kappa shape index (κ1) is 35.6. The zero-order chi connectivity index (χ0) is 32.6. The largest absolute Gasteiger partial charge is 0.356 e. The van der Waals surface area contributed by atoms with Crippen LogP contribution in [0.5, 0.6) is 0 Å². The third-order valence-corrected chi connectivity index (χ3v) is 8.77. The predicted molar refractivity (Wildman–Crippen MR) is 182 cm³/mol. The number of unbranched alkanes of at least 4 members (excludes halogenated alkanes) is 1. The van der Waals surface area contributed by atoms with Gasteiger partial charge < -0.3 is 16.4 Å². The van der Waals surface area contributed by atoms with Crippen LogP contribution < -0.4 is 16.4 Å². The van der Waals surface area contributed by atoms with Crippen LogP contribution in [-0.4, -0.2) is 42.5 Å². The number of hydrogen-bond acceptors (Lipinski definition) is 5. The molecule has 7 nitrogen and oxygen atoms in total. The normalized spacial score (nSPS) is 13.9. The van der Waals surface area contributed by atoms with Crippen LogP contribution >= 0.6 is 0 Å². The van der Waals surface area contributed by atoms with E-state index >= 15 is 0 Å². The van der Waals surface area contributed by atoms with Crippen LogP contribution in [0.1, 0.15) is 76.8 Å². The summed E-state index contributed by atoms with van der Waals surface area (Å²) < 4.78 is 0. The van der Waals surface area contributed by atoms with Gasteiger partial charge in [-0.2, -0.15) is 0 Å². The van der Waals surface area contributed by atoms with Crippen LogP contribution in [0.25, 0.3) is 10.8 Å². The fourth-order valence-corrected chi connectivity index (χ4v) is 5.72. The topological polar surface area (TPSA) is 118 Å². The van der Waals surface area contributed by atoms with Crippen molar-refractivity contribution in [3.8, 4) is 0 Å². The van der Waals surface area contributed by atoms with Crippen molar-refractivity contribution in [2.45, 2.75) is 84.6 Å². The lowest BCUT2D eigenvalue weighted by atomic mass is 9.86. The van der Waals surface area contributed by atoms with Crippen LogP contribution in [-0.2, 0) is 32.0 Å². The Labute approximate surface area is 268 Å². The standard InChI is InChI=1S/C38H51N3O4/c1-4-27(3)36(35(43)26-32(17-11-12-21-39)37(44)40-22-20-28-13-7-6-8-14-28)41-38(45)33(25-34(42)5-2)24-29-18-19-30-15-9-10-16-31(30)23-29/h6-10,13-16,18-19,23,27,32-33,36H,4-5,11-12,17,20-22,24-26,39H2,1-3H3,(H,40,44)(H,41,45)/t27-,32+,33+,36-/m0/s1. The minimum Gasteiger partial charge on any atom is -0.356 e. The molecule has 3 aromatic carbocycles. The molecule has 3 aromatic rings. The molecule has 4 N–H and O–H groups in total. The molecule has 242 valence electrons. The van der Waals surface area contributed by atoms with Crippen molar-refractivity contribution in [3.63, 3.8) is 0 Å². The molecule has 7 heteroatoms. The molecule has 3 rings (SSSR count). The number of nitrogens with one attached hydrogen (secondary N) is 2. The zero-order valence-electron chi connectivity index (χ0n) is 27.2. The summed E-state index contributed by atoms with van der Waals surface area (Å²) in [4.78, 5) is 53.5. The van der Waals surface area contributed by atoms with Gasteiger partial charge in [0.1, 0.15) is 5.78 Å². The van der Waals surface area contributed by atoms with Gasteiger partial charge in [0.2, 0.25) is 11.8 Å². The van der Waals surface area contributed by atoms with Gasteiger partial charge in [0.15, 0.2) is 5.78 Å². The average Bonchev–Trinajstić information content (AvgIpc) is 3.06. The Morgan fingerprint density at radius 3 is 2.18 bits per heavy atom. The first-order valence-corrected chi connectivity index (χ1v) is 16.6. The van der Waals surface area contributed by atoms with E-state index in [-0.39, 0.29) is 42.1 Å². The molecule has 0 aliphatic rings. The maximum atomic E-state index is 13.8. The molecule has 0 aliphatic heterocycles. The minimum absolute atomic E-state index is 0.00879. The van der Waals surface area contributed by atoms with Crippen molar-refractivity contribution in [1.29, 1.82) is 0 Å². The Hall–Kier alpha value is -3.84. The Balaban J connectivity index is 1.73. The van der Waals surface area contributed by atoms with Gasteiger partial charge in [-0.1, -0.05) is 106 Å². The van der Waals surface area contributed by atoms with Gasteiger partial charge in [-0.15, -0.1) is 0 Å². The van der Waals surface area contributed by atoms with Crippen molar-refractivity contribution in [1.82, 2.24) is 10.6 Å². The smallest absolute Gasteiger partial charge is 0.224 e. The molecule has 0 bridgehead atoms. The number of rotatable bonds is 20. The second-order valence-corrected chi connectivity index (χ2v) is 12.2. The van der Waals surface area contributed by atoms with Gasteiger partial charge in [0, 0.05) is 37.6 Å². The van der Waals surface area contributed by atoms with Crippen LogP contribution in [0.4, 0.5) is 0 Å². The summed E-state index contributed by atoms with van der Waals surface area (Å²) in [7, 11) is 0. The molecular formula is C38H51N3O4. The highest BCUT2D eigenvalue weighted by Crippen LogP contribution is 2.23. The molecule has 0 aliphatic carbocycles. The summed E-state index contributed by atoms with van der Waals surface area (Å²) >= 11 is 0. The van der Waals surface area contributed by atoms with E-state index in [2.05, 4.69) is 16.7 Å². The fraction of sp³-hybridized carbons (Fsp3) is 0.474. The lowest BCUT2D eigenvalue weighted by Gasteiger charge is -2.27. The van der Waals surface area contributed by atoms with Crippen molar-refractivity contribution in [3.05, 3.63) is 83.9 Å². The molecule has 0 heterocycles. The second kappa shape index (κ2) is 18.8. The number of fused-ring (bicyclic) bond motifs is 1. The SMILES string of the molecule is CCC(=O)C[C@@H](Cc1ccc2ccccc2c1)C(=O)N[C@H](C(=O)C[C@@H](CCCCN)C(=O)NCCc1ccccc1)[C@@H](C)CC. The Morgan fingerprint density at radius 2 is 1.49 bits per heavy atom. The third-order valence-electron chi connectivity index (χ3n) is 8.77. The van der Waals surface area contributed by atoms with Crippen molar-refractivity contribution in [2.24, 2.45) is 23.5 Å². The Bertz CT molecular complexity index is 1390. The predicted octanol–water partition coefficient (Wildman–Crippen LogP) is 5.96. The molecule has 2 amide bonds. The molecule has 4 atom stereocenters. The Morgan fingerprint density at radius 1 is 0.778 bits per heavy atom. The maximum Gasteiger partial charge on any atom is 0.224 e. The van der Waals surface area contributed by atoms with Gasteiger partial charge in [-0.05, 0) is 60.0 Å². The monoisotopic (exact) mass is 613 g/mol. The van der Waals surface area contributed by atoms with E-state index in [1.54, 1.807) is 6.92 Å². The van der Waals surface area contributed by atoms with Gasteiger partial charge in [0.25, 0.3) is 0 Å². The van der Waals surface area contributed by atoms with E-state index in [0.717, 1.165) is 34.7 Å². The van der Waals surface area contributed by atoms with E-state index in [4.69, 9.17) is 5.73 Å². The van der Waals surface area contributed by atoms with E-state index in [0.29, 0.717) is 45.2 Å². The van der Waals surface area contributed by atoms with E-state index in [9.17, 15) is 19.2 Å². The molecule has 0 saturated carbocycles. The quantitative estimate of drug-likeness (QED) is 0.136. The van der Waals surface area contributed by atoms with Gasteiger partial charge in [0.05, 0.1) is 6.04 Å². The molecule has 0 spiro atoms. The summed E-state index contributed by atoms with van der Waals surface area (Å²) in [5.74, 6) is -1.81. The third kappa shape index (κ3) is 11.5. The van der Waals surface area contributed by atoms with E-state index in [1.165, 1.54) is 0 Å². The highest BCUT2D eigenvalue weighted by molar-refractivity contribution is 5.94. The van der Waals surface area contributed by atoms with Gasteiger partial charge in [-0.25, -0.2) is 0 Å². The van der Waals surface area contributed by atoms with Crippen molar-refractivity contribution in [2.75, 3.05) is 13.1 Å². The van der Waals surface area contributed by atoms with Gasteiger partial charge >= 0.3 is 0 Å². The number of hydrogen-bond donors (Lipinski definition) is 3. The molecule has 0 radical (unpaired) electrons. The van der Waals surface area contributed by atoms with Crippen LogP contribution in [0, 0.1) is 17.8 Å². The number of benzene rings is 3. The molecule has 0 aromatic heterocycles. The molecule has 0 fully saturated rings. The number of carbonyl (C=O) groups excluding carboxylic acids is 4. The summed E-state index contributed by atoms with van der Waals surface area (Å²) in [5, 5.41) is 8.25. The summed E-state index contributed by atoms with van der Waals surface area (Å²) in [6, 6.07) is 23.3. The number of ketones is 2. The van der Waals surface area contributed by atoms with Gasteiger partial charge in [-0.3, -0.25) is 19.2 Å². The lowest BCUT2D eigenvalue weighted by Crippen LogP contribution is -2.49. The first-order valence-electron chi connectivity index (χ1n) is 16.6. The molecule has 0 unspecified atom stereocenters. The zero-order valence-corrected chi connectivity index (χ0v) is 27.2. The second-order valence-electron chi connectivity index (χ2n) is 12.2. The van der Waals surface area contributed by atoms with Crippen molar-refractivity contribution < 1.29 is 19.2 Å². The van der Waals surface area contributed by atoms with Crippen LogP contribution in [0.2, 0.25) is 0 Å². The number of Topliss-reactive ketones (excluding diaryl/α,β-unsaturated/α-hetero) is 2. The Kier molecular flexibility index (Phi) is 14.9. The van der Waals surface area contributed by atoms with Crippen molar-refractivity contribution >= 4 is 34.2 Å².